The van der Waals surface area contributed by atoms with E-state index in [1.807, 2.05) is 6.92 Å². The van der Waals surface area contributed by atoms with Crippen LogP contribution in [0.25, 0.3) is 0 Å². The Morgan fingerprint density at radius 1 is 1.48 bits per heavy atom. The van der Waals surface area contributed by atoms with Gasteiger partial charge in [-0.15, -0.1) is 0 Å². The number of amides is 1. The van der Waals surface area contributed by atoms with Crippen LogP contribution in [0.1, 0.15) is 26.3 Å². The highest BCUT2D eigenvalue weighted by Crippen LogP contribution is 2.27. The van der Waals surface area contributed by atoms with Gasteiger partial charge in [-0.1, -0.05) is 35.8 Å². The van der Waals surface area contributed by atoms with Crippen molar-refractivity contribution in [2.75, 3.05) is 24.5 Å². The van der Waals surface area contributed by atoms with Crippen LogP contribution in [-0.2, 0) is 11.3 Å². The fourth-order valence-corrected chi connectivity index (χ4v) is 2.91. The van der Waals surface area contributed by atoms with Crippen molar-refractivity contribution >= 4 is 27.5 Å². The van der Waals surface area contributed by atoms with Crippen molar-refractivity contribution in [3.8, 4) is 0 Å². The molecule has 2 N–H and O–H groups in total. The lowest BCUT2D eigenvalue weighted by Gasteiger charge is -2.36. The zero-order valence-electron chi connectivity index (χ0n) is 12.9. The SMILES string of the molecule is CC(C)CNCc1ccc(Br)cc1N1CCNC(=O)C1C. The van der Waals surface area contributed by atoms with Gasteiger partial charge in [0.05, 0.1) is 0 Å². The van der Waals surface area contributed by atoms with E-state index < -0.39 is 0 Å². The van der Waals surface area contributed by atoms with Crippen LogP contribution in [-0.4, -0.2) is 31.6 Å². The smallest absolute Gasteiger partial charge is 0.242 e. The Balaban J connectivity index is 2.20. The van der Waals surface area contributed by atoms with Gasteiger partial charge in [-0.2, -0.15) is 0 Å². The molecule has 1 aromatic rings. The van der Waals surface area contributed by atoms with Crippen molar-refractivity contribution in [3.63, 3.8) is 0 Å². The first kappa shape index (κ1) is 16.3. The second kappa shape index (κ2) is 7.27. The summed E-state index contributed by atoms with van der Waals surface area (Å²) in [5.41, 5.74) is 2.38. The number of carbonyl (C=O) groups excluding carboxylic acids is 1. The van der Waals surface area contributed by atoms with Gasteiger partial charge in [0.25, 0.3) is 0 Å². The number of piperazine rings is 1. The summed E-state index contributed by atoms with van der Waals surface area (Å²) in [5.74, 6) is 0.728. The molecular formula is C16H24BrN3O. The van der Waals surface area contributed by atoms with Crippen molar-refractivity contribution in [3.05, 3.63) is 28.2 Å². The summed E-state index contributed by atoms with van der Waals surface area (Å²) in [6.45, 7) is 9.73. The molecule has 0 bridgehead atoms. The standard InChI is InChI=1S/C16H24BrN3O/c1-11(2)9-18-10-13-4-5-14(17)8-15(13)20-7-6-19-16(21)12(20)3/h4-5,8,11-12,18H,6-7,9-10H2,1-3H3,(H,19,21). The second-order valence-corrected chi connectivity index (χ2v) is 6.87. The number of nitrogens with one attached hydrogen (secondary N) is 2. The van der Waals surface area contributed by atoms with Crippen molar-refractivity contribution in [2.45, 2.75) is 33.4 Å². The Kier molecular flexibility index (Phi) is 5.65. The van der Waals surface area contributed by atoms with Crippen LogP contribution in [0, 0.1) is 5.92 Å². The lowest BCUT2D eigenvalue weighted by Crippen LogP contribution is -2.54. The lowest BCUT2D eigenvalue weighted by molar-refractivity contribution is -0.122. The largest absolute Gasteiger partial charge is 0.358 e. The summed E-state index contributed by atoms with van der Waals surface area (Å²) in [7, 11) is 0. The van der Waals surface area contributed by atoms with E-state index in [1.54, 1.807) is 0 Å². The fourth-order valence-electron chi connectivity index (χ4n) is 2.56. The maximum atomic E-state index is 11.9. The third-order valence-electron chi connectivity index (χ3n) is 3.72. The van der Waals surface area contributed by atoms with Gasteiger partial charge >= 0.3 is 0 Å². The Bertz CT molecular complexity index is 504. The first-order valence-corrected chi connectivity index (χ1v) is 8.32. The molecule has 5 heteroatoms. The van der Waals surface area contributed by atoms with E-state index in [0.29, 0.717) is 12.5 Å². The minimum absolute atomic E-state index is 0.0994. The summed E-state index contributed by atoms with van der Waals surface area (Å²) >= 11 is 3.54. The highest BCUT2D eigenvalue weighted by molar-refractivity contribution is 9.10. The van der Waals surface area contributed by atoms with E-state index in [-0.39, 0.29) is 11.9 Å². The average molecular weight is 354 g/mol. The maximum Gasteiger partial charge on any atom is 0.242 e. The highest BCUT2D eigenvalue weighted by Gasteiger charge is 2.27. The highest BCUT2D eigenvalue weighted by atomic mass is 79.9. The van der Waals surface area contributed by atoms with Crippen molar-refractivity contribution < 1.29 is 4.79 Å². The minimum atomic E-state index is -0.128. The van der Waals surface area contributed by atoms with Crippen molar-refractivity contribution in [1.29, 1.82) is 0 Å². The number of halogens is 1. The molecule has 1 heterocycles. The van der Waals surface area contributed by atoms with Gasteiger partial charge < -0.3 is 15.5 Å². The third-order valence-corrected chi connectivity index (χ3v) is 4.22. The van der Waals surface area contributed by atoms with E-state index in [1.165, 1.54) is 5.56 Å². The lowest BCUT2D eigenvalue weighted by atomic mass is 10.1. The Hall–Kier alpha value is -1.07. The zero-order chi connectivity index (χ0) is 15.4. The molecule has 2 rings (SSSR count). The summed E-state index contributed by atoms with van der Waals surface area (Å²) in [6.07, 6.45) is 0. The molecule has 1 saturated heterocycles. The molecule has 0 aliphatic carbocycles. The number of rotatable bonds is 5. The molecule has 1 aliphatic rings. The Morgan fingerprint density at radius 2 is 2.24 bits per heavy atom. The molecule has 0 radical (unpaired) electrons. The van der Waals surface area contributed by atoms with E-state index in [9.17, 15) is 4.79 Å². The van der Waals surface area contributed by atoms with Gasteiger partial charge in [0.15, 0.2) is 0 Å². The molecule has 1 unspecified atom stereocenters. The summed E-state index contributed by atoms with van der Waals surface area (Å²) in [5, 5.41) is 6.40. The van der Waals surface area contributed by atoms with Gasteiger partial charge in [-0.3, -0.25) is 4.79 Å². The predicted molar refractivity (Wildman–Crippen MR) is 90.5 cm³/mol. The number of hydrogen-bond acceptors (Lipinski definition) is 3. The number of benzene rings is 1. The minimum Gasteiger partial charge on any atom is -0.358 e. The molecule has 0 spiro atoms. The summed E-state index contributed by atoms with van der Waals surface area (Å²) in [6, 6.07) is 6.18. The van der Waals surface area contributed by atoms with Gasteiger partial charge in [0, 0.05) is 29.8 Å². The van der Waals surface area contributed by atoms with Crippen LogP contribution in [0.5, 0.6) is 0 Å². The molecule has 0 saturated carbocycles. The van der Waals surface area contributed by atoms with Crippen LogP contribution >= 0.6 is 15.9 Å². The first-order chi connectivity index (χ1) is 9.99. The average Bonchev–Trinajstić information content (AvgIpc) is 2.43. The van der Waals surface area contributed by atoms with Crippen LogP contribution in [0.3, 0.4) is 0 Å². The molecule has 0 aromatic heterocycles. The van der Waals surface area contributed by atoms with E-state index in [4.69, 9.17) is 0 Å². The fraction of sp³-hybridized carbons (Fsp3) is 0.562. The molecule has 4 nitrogen and oxygen atoms in total. The normalized spacial score (nSPS) is 19.0. The zero-order valence-corrected chi connectivity index (χ0v) is 14.5. The number of nitrogens with zero attached hydrogens (tertiary/aromatic N) is 1. The quantitative estimate of drug-likeness (QED) is 0.854. The van der Waals surface area contributed by atoms with Crippen LogP contribution in [0.15, 0.2) is 22.7 Å². The molecule has 1 fully saturated rings. The molecule has 116 valence electrons. The van der Waals surface area contributed by atoms with Crippen molar-refractivity contribution in [2.24, 2.45) is 5.92 Å². The van der Waals surface area contributed by atoms with E-state index >= 15 is 0 Å². The van der Waals surface area contributed by atoms with Crippen LogP contribution < -0.4 is 15.5 Å². The van der Waals surface area contributed by atoms with Gasteiger partial charge in [0.1, 0.15) is 6.04 Å². The number of carbonyl (C=O) groups is 1. The summed E-state index contributed by atoms with van der Waals surface area (Å²) in [4.78, 5) is 14.1. The molecule has 1 atom stereocenters. The molecule has 1 amide bonds. The second-order valence-electron chi connectivity index (χ2n) is 5.96. The van der Waals surface area contributed by atoms with E-state index in [0.717, 1.165) is 29.8 Å². The maximum absolute atomic E-state index is 11.9. The number of anilines is 1. The third kappa shape index (κ3) is 4.20. The monoisotopic (exact) mass is 353 g/mol. The van der Waals surface area contributed by atoms with Gasteiger partial charge in [-0.05, 0) is 37.1 Å². The van der Waals surface area contributed by atoms with Gasteiger partial charge in [-0.25, -0.2) is 0 Å². The van der Waals surface area contributed by atoms with Crippen LogP contribution in [0.4, 0.5) is 5.69 Å². The van der Waals surface area contributed by atoms with Crippen LogP contribution in [0.2, 0.25) is 0 Å². The molecule has 1 aliphatic heterocycles. The Morgan fingerprint density at radius 3 is 2.95 bits per heavy atom. The van der Waals surface area contributed by atoms with E-state index in [2.05, 4.69) is 63.5 Å². The number of hydrogen-bond donors (Lipinski definition) is 2. The predicted octanol–water partition coefficient (Wildman–Crippen LogP) is 2.52. The topological polar surface area (TPSA) is 44.4 Å². The van der Waals surface area contributed by atoms with Crippen molar-refractivity contribution in [1.82, 2.24) is 10.6 Å². The van der Waals surface area contributed by atoms with Gasteiger partial charge in [0.2, 0.25) is 5.91 Å². The molecule has 1 aromatic carbocycles. The molecule has 21 heavy (non-hydrogen) atoms. The Labute approximate surface area is 135 Å². The summed E-state index contributed by atoms with van der Waals surface area (Å²) < 4.78 is 1.04. The first-order valence-electron chi connectivity index (χ1n) is 7.52. The molecular weight excluding hydrogens is 330 g/mol.